The number of nitrogens with two attached hydrogens (primary N) is 1. The van der Waals surface area contributed by atoms with E-state index in [1.54, 1.807) is 4.68 Å². The third-order valence-corrected chi connectivity index (χ3v) is 4.84. The van der Waals surface area contributed by atoms with Gasteiger partial charge >= 0.3 is 0 Å². The third kappa shape index (κ3) is 3.29. The van der Waals surface area contributed by atoms with E-state index in [1.807, 2.05) is 37.4 Å². The number of hydrogen-bond donors (Lipinski definition) is 1. The van der Waals surface area contributed by atoms with E-state index in [0.29, 0.717) is 16.7 Å². The van der Waals surface area contributed by atoms with Crippen molar-refractivity contribution in [3.63, 3.8) is 0 Å². The van der Waals surface area contributed by atoms with Gasteiger partial charge in [0, 0.05) is 11.2 Å². The summed E-state index contributed by atoms with van der Waals surface area (Å²) in [5.74, 6) is 1.05. The lowest BCUT2D eigenvalue weighted by Crippen LogP contribution is -2.34. The molecule has 4 rings (SSSR count). The minimum absolute atomic E-state index is 0. The van der Waals surface area contributed by atoms with Gasteiger partial charge in [-0.05, 0) is 44.0 Å². The fourth-order valence-corrected chi connectivity index (χ4v) is 3.29. The maximum atomic E-state index is 6.40. The molecule has 0 amide bonds. The minimum atomic E-state index is -0.457. The molecule has 8 heteroatoms. The predicted octanol–water partition coefficient (Wildman–Crippen LogP) is 4.03. The molecule has 0 atom stereocenters. The van der Waals surface area contributed by atoms with E-state index in [1.165, 1.54) is 0 Å². The van der Waals surface area contributed by atoms with Gasteiger partial charge < -0.3 is 10.3 Å². The molecular formula is C17H19Cl2N5O. The Morgan fingerprint density at radius 1 is 1.20 bits per heavy atom. The molecule has 1 aliphatic rings. The third-order valence-electron chi connectivity index (χ3n) is 4.59. The SMILES string of the molecule is Cc1nn(-c2ccc(Cl)cc2)cc1-c1nc(C2(N)CCCC2)no1.Cl. The quantitative estimate of drug-likeness (QED) is 0.742. The molecule has 1 fully saturated rings. The number of nitrogens with zero attached hydrogens (tertiary/aromatic N) is 4. The van der Waals surface area contributed by atoms with Gasteiger partial charge in [0.05, 0.1) is 22.5 Å². The Morgan fingerprint density at radius 3 is 2.56 bits per heavy atom. The number of halogens is 2. The molecular weight excluding hydrogens is 361 g/mol. The summed E-state index contributed by atoms with van der Waals surface area (Å²) in [6.45, 7) is 1.92. The number of aromatic nitrogens is 4. The smallest absolute Gasteiger partial charge is 0.261 e. The highest BCUT2D eigenvalue weighted by Gasteiger charge is 2.36. The average Bonchev–Trinajstić information content (AvgIpc) is 3.28. The van der Waals surface area contributed by atoms with Gasteiger partial charge in [-0.2, -0.15) is 10.1 Å². The Labute approximate surface area is 156 Å². The molecule has 1 aromatic carbocycles. The van der Waals surface area contributed by atoms with Crippen LogP contribution in [0.1, 0.15) is 37.2 Å². The maximum absolute atomic E-state index is 6.40. The molecule has 132 valence electrons. The fraction of sp³-hybridized carbons (Fsp3) is 0.353. The second kappa shape index (κ2) is 6.78. The summed E-state index contributed by atoms with van der Waals surface area (Å²) < 4.78 is 7.24. The van der Waals surface area contributed by atoms with Crippen LogP contribution >= 0.6 is 24.0 Å². The summed E-state index contributed by atoms with van der Waals surface area (Å²) in [6, 6.07) is 7.48. The van der Waals surface area contributed by atoms with Crippen molar-refractivity contribution in [1.82, 2.24) is 19.9 Å². The van der Waals surface area contributed by atoms with Crippen LogP contribution < -0.4 is 5.73 Å². The van der Waals surface area contributed by atoms with Crippen LogP contribution in [0.3, 0.4) is 0 Å². The summed E-state index contributed by atoms with van der Waals surface area (Å²) in [5.41, 5.74) is 8.49. The van der Waals surface area contributed by atoms with Gasteiger partial charge in [0.1, 0.15) is 0 Å². The molecule has 0 aliphatic heterocycles. The summed E-state index contributed by atoms with van der Waals surface area (Å²) in [6.07, 6.45) is 5.89. The second-order valence-corrected chi connectivity index (χ2v) is 6.77. The van der Waals surface area contributed by atoms with Gasteiger partial charge in [-0.1, -0.05) is 29.6 Å². The monoisotopic (exact) mass is 379 g/mol. The highest BCUT2D eigenvalue weighted by Crippen LogP contribution is 2.35. The Kier molecular flexibility index (Phi) is 4.86. The zero-order valence-corrected chi connectivity index (χ0v) is 15.3. The molecule has 2 N–H and O–H groups in total. The molecule has 1 aliphatic carbocycles. The molecule has 25 heavy (non-hydrogen) atoms. The van der Waals surface area contributed by atoms with Gasteiger partial charge in [0.15, 0.2) is 5.82 Å². The van der Waals surface area contributed by atoms with Gasteiger partial charge in [0.25, 0.3) is 5.89 Å². The number of benzene rings is 1. The van der Waals surface area contributed by atoms with E-state index in [4.69, 9.17) is 21.9 Å². The lowest BCUT2D eigenvalue weighted by Gasteiger charge is -2.17. The maximum Gasteiger partial charge on any atom is 0.261 e. The molecule has 2 aromatic heterocycles. The molecule has 0 spiro atoms. The van der Waals surface area contributed by atoms with Crippen molar-refractivity contribution in [1.29, 1.82) is 0 Å². The summed E-state index contributed by atoms with van der Waals surface area (Å²) in [7, 11) is 0. The fourth-order valence-electron chi connectivity index (χ4n) is 3.16. The average molecular weight is 380 g/mol. The summed E-state index contributed by atoms with van der Waals surface area (Å²) >= 11 is 5.93. The highest BCUT2D eigenvalue weighted by atomic mass is 35.5. The molecule has 0 unspecified atom stereocenters. The molecule has 1 saturated carbocycles. The van der Waals surface area contributed by atoms with Crippen LogP contribution in [0.5, 0.6) is 0 Å². The van der Waals surface area contributed by atoms with E-state index in [-0.39, 0.29) is 12.4 Å². The van der Waals surface area contributed by atoms with Crippen molar-refractivity contribution in [3.8, 4) is 17.1 Å². The van der Waals surface area contributed by atoms with Gasteiger partial charge in [-0.15, -0.1) is 12.4 Å². The van der Waals surface area contributed by atoms with Gasteiger partial charge in [-0.3, -0.25) is 0 Å². The van der Waals surface area contributed by atoms with Crippen LogP contribution in [0.4, 0.5) is 0 Å². The first-order valence-corrected chi connectivity index (χ1v) is 8.39. The van der Waals surface area contributed by atoms with Crippen molar-refractivity contribution in [2.24, 2.45) is 5.73 Å². The topological polar surface area (TPSA) is 82.8 Å². The number of rotatable bonds is 3. The van der Waals surface area contributed by atoms with Crippen LogP contribution in [0.15, 0.2) is 35.0 Å². The molecule has 3 aromatic rings. The Hall–Kier alpha value is -1.89. The van der Waals surface area contributed by atoms with Crippen molar-refractivity contribution in [3.05, 3.63) is 47.0 Å². The molecule has 0 saturated heterocycles. The number of hydrogen-bond acceptors (Lipinski definition) is 5. The Bertz CT molecular complexity index is 866. The van der Waals surface area contributed by atoms with Crippen LogP contribution in [0.2, 0.25) is 5.02 Å². The van der Waals surface area contributed by atoms with E-state index >= 15 is 0 Å². The molecule has 0 radical (unpaired) electrons. The molecule has 2 heterocycles. The standard InChI is InChI=1S/C17H18ClN5O.ClH/c1-11-14(10-23(21-11)13-6-4-12(18)5-7-13)15-20-16(22-24-15)17(19)8-2-3-9-17;/h4-7,10H,2-3,8-9,19H2,1H3;1H. The van der Waals surface area contributed by atoms with Crippen LogP contribution in [-0.2, 0) is 5.54 Å². The summed E-state index contributed by atoms with van der Waals surface area (Å²) in [5, 5.41) is 9.33. The molecule has 6 nitrogen and oxygen atoms in total. The zero-order chi connectivity index (χ0) is 16.7. The second-order valence-electron chi connectivity index (χ2n) is 6.34. The Balaban J connectivity index is 0.00000182. The first-order valence-electron chi connectivity index (χ1n) is 8.01. The van der Waals surface area contributed by atoms with E-state index in [9.17, 15) is 0 Å². The van der Waals surface area contributed by atoms with Crippen LogP contribution in [0, 0.1) is 6.92 Å². The first kappa shape index (κ1) is 17.9. The lowest BCUT2D eigenvalue weighted by atomic mass is 9.99. The van der Waals surface area contributed by atoms with E-state index in [0.717, 1.165) is 42.6 Å². The van der Waals surface area contributed by atoms with Crippen molar-refractivity contribution >= 4 is 24.0 Å². The van der Waals surface area contributed by atoms with Crippen molar-refractivity contribution < 1.29 is 4.52 Å². The largest absolute Gasteiger partial charge is 0.334 e. The predicted molar refractivity (Wildman–Crippen MR) is 98.2 cm³/mol. The highest BCUT2D eigenvalue weighted by molar-refractivity contribution is 6.30. The zero-order valence-electron chi connectivity index (χ0n) is 13.8. The first-order chi connectivity index (χ1) is 11.5. The normalized spacial score (nSPS) is 16.0. The Morgan fingerprint density at radius 2 is 1.88 bits per heavy atom. The summed E-state index contributed by atoms with van der Waals surface area (Å²) in [4.78, 5) is 4.54. The van der Waals surface area contributed by atoms with Crippen molar-refractivity contribution in [2.75, 3.05) is 0 Å². The van der Waals surface area contributed by atoms with E-state index in [2.05, 4.69) is 15.2 Å². The number of aryl methyl sites for hydroxylation is 1. The van der Waals surface area contributed by atoms with Gasteiger partial charge in [-0.25, -0.2) is 4.68 Å². The van der Waals surface area contributed by atoms with Crippen molar-refractivity contribution in [2.45, 2.75) is 38.1 Å². The van der Waals surface area contributed by atoms with Crippen LogP contribution in [0.25, 0.3) is 17.1 Å². The van der Waals surface area contributed by atoms with Crippen LogP contribution in [-0.4, -0.2) is 19.9 Å². The molecule has 0 bridgehead atoms. The lowest BCUT2D eigenvalue weighted by molar-refractivity contribution is 0.372. The van der Waals surface area contributed by atoms with E-state index < -0.39 is 5.54 Å². The van der Waals surface area contributed by atoms with Gasteiger partial charge in [0.2, 0.25) is 0 Å². The minimum Gasteiger partial charge on any atom is -0.334 e.